The van der Waals surface area contributed by atoms with Crippen molar-refractivity contribution in [1.82, 2.24) is 0 Å². The molecule has 1 unspecified atom stereocenters. The number of benzene rings is 2. The van der Waals surface area contributed by atoms with Crippen LogP contribution >= 0.6 is 8.25 Å². The zero-order valence-electron chi connectivity index (χ0n) is 10.2. The highest BCUT2D eigenvalue weighted by Gasteiger charge is 1.91. The largest absolute Gasteiger partial charge is 0.326 e. The van der Waals surface area contributed by atoms with Crippen LogP contribution in [0.4, 0.5) is 0 Å². The third-order valence-corrected chi connectivity index (χ3v) is 2.68. The van der Waals surface area contributed by atoms with Gasteiger partial charge in [-0.3, -0.25) is 4.57 Å². The molecule has 2 aromatic rings. The average Bonchev–Trinajstić information content (AvgIpc) is 2.41. The van der Waals surface area contributed by atoms with Crippen molar-refractivity contribution in [2.75, 3.05) is 6.61 Å². The van der Waals surface area contributed by atoms with Gasteiger partial charge in [0.1, 0.15) is 0 Å². The van der Waals surface area contributed by atoms with Crippen molar-refractivity contribution < 1.29 is 14.0 Å². The quantitative estimate of drug-likeness (QED) is 0.858. The molecule has 1 N–H and O–H groups in total. The van der Waals surface area contributed by atoms with Gasteiger partial charge in [0.15, 0.2) is 0 Å². The maximum atomic E-state index is 9.56. The Bertz CT molecular complexity index is 419. The first-order valence-electron chi connectivity index (χ1n) is 5.70. The van der Waals surface area contributed by atoms with E-state index in [4.69, 9.17) is 4.89 Å². The summed E-state index contributed by atoms with van der Waals surface area (Å²) >= 11 is 0. The summed E-state index contributed by atoms with van der Waals surface area (Å²) in [5.41, 5.74) is 2.55. The van der Waals surface area contributed by atoms with Gasteiger partial charge in [-0.1, -0.05) is 60.7 Å². The monoisotopic (exact) mass is 264 g/mol. The Hall–Kier alpha value is -1.41. The van der Waals surface area contributed by atoms with E-state index in [0.29, 0.717) is 6.61 Å². The summed E-state index contributed by atoms with van der Waals surface area (Å²) in [6.07, 6.45) is 0. The summed E-state index contributed by atoms with van der Waals surface area (Å²) in [4.78, 5) is 7.88. The lowest BCUT2D eigenvalue weighted by Crippen LogP contribution is -1.73. The molecule has 0 bridgehead atoms. The summed E-state index contributed by atoms with van der Waals surface area (Å²) in [7, 11) is -2.64. The molecule has 0 spiro atoms. The van der Waals surface area contributed by atoms with Crippen LogP contribution in [-0.2, 0) is 9.09 Å². The highest BCUT2D eigenvalue weighted by atomic mass is 31.1. The van der Waals surface area contributed by atoms with Crippen LogP contribution in [0, 0.1) is 0 Å². The van der Waals surface area contributed by atoms with E-state index in [2.05, 4.69) is 53.1 Å². The smallest absolute Gasteiger partial charge is 0.316 e. The van der Waals surface area contributed by atoms with Crippen LogP contribution in [0.15, 0.2) is 60.7 Å². The van der Waals surface area contributed by atoms with Crippen LogP contribution in [0.5, 0.6) is 0 Å². The van der Waals surface area contributed by atoms with Gasteiger partial charge in [0, 0.05) is 0 Å². The second-order valence-corrected chi connectivity index (χ2v) is 4.25. The Morgan fingerprint density at radius 3 is 1.56 bits per heavy atom. The Morgan fingerprint density at radius 1 is 0.944 bits per heavy atom. The molecule has 0 saturated heterocycles. The second-order valence-electron chi connectivity index (χ2n) is 3.43. The van der Waals surface area contributed by atoms with Crippen molar-refractivity contribution in [2.45, 2.75) is 6.92 Å². The van der Waals surface area contributed by atoms with Crippen molar-refractivity contribution in [1.29, 1.82) is 0 Å². The second kappa shape index (κ2) is 8.65. The zero-order chi connectivity index (χ0) is 13.2. The molecule has 3 nitrogen and oxygen atoms in total. The lowest BCUT2D eigenvalue weighted by molar-refractivity contribution is 0.297. The first-order chi connectivity index (χ1) is 8.74. The summed E-state index contributed by atoms with van der Waals surface area (Å²) in [6.45, 7) is 1.98. The van der Waals surface area contributed by atoms with Crippen molar-refractivity contribution in [3.05, 3.63) is 60.7 Å². The SMILES string of the molecule is CCO[PH](=O)O.c1ccc(-c2ccccc2)cc1. The van der Waals surface area contributed by atoms with Gasteiger partial charge in [-0.05, 0) is 18.1 Å². The fraction of sp³-hybridized carbons (Fsp3) is 0.143. The van der Waals surface area contributed by atoms with Gasteiger partial charge in [0.2, 0.25) is 0 Å². The van der Waals surface area contributed by atoms with E-state index in [-0.39, 0.29) is 0 Å². The predicted octanol–water partition coefficient (Wildman–Crippen LogP) is 3.76. The van der Waals surface area contributed by atoms with Crippen molar-refractivity contribution in [3.8, 4) is 11.1 Å². The van der Waals surface area contributed by atoms with E-state index in [1.807, 2.05) is 12.1 Å². The molecule has 18 heavy (non-hydrogen) atoms. The van der Waals surface area contributed by atoms with Crippen LogP contribution in [0.1, 0.15) is 6.92 Å². The molecule has 2 rings (SSSR count). The molecule has 0 aliphatic carbocycles. The summed E-state index contributed by atoms with van der Waals surface area (Å²) < 4.78 is 13.7. The predicted molar refractivity (Wildman–Crippen MR) is 74.7 cm³/mol. The highest BCUT2D eigenvalue weighted by Crippen LogP contribution is 2.17. The standard InChI is InChI=1S/C12H10.C2H7O3P/c1-3-7-11(8-4-1)12-9-5-2-6-10-12;1-2-5-6(3)4/h1-10H;6H,2H2,1H3,(H,3,4). The van der Waals surface area contributed by atoms with E-state index >= 15 is 0 Å². The Morgan fingerprint density at radius 2 is 1.33 bits per heavy atom. The fourth-order valence-corrected chi connectivity index (χ4v) is 1.63. The molecule has 2 aromatic carbocycles. The molecule has 4 heteroatoms. The van der Waals surface area contributed by atoms with Crippen molar-refractivity contribution >= 4 is 8.25 Å². The van der Waals surface area contributed by atoms with Gasteiger partial charge in [-0.2, -0.15) is 0 Å². The van der Waals surface area contributed by atoms with E-state index < -0.39 is 8.25 Å². The van der Waals surface area contributed by atoms with Crippen molar-refractivity contribution in [2.24, 2.45) is 0 Å². The summed E-state index contributed by atoms with van der Waals surface area (Å²) in [6, 6.07) is 20.8. The molecular weight excluding hydrogens is 247 g/mol. The molecule has 0 fully saturated rings. The van der Waals surface area contributed by atoms with Crippen LogP contribution < -0.4 is 0 Å². The lowest BCUT2D eigenvalue weighted by Gasteiger charge is -1.98. The third kappa shape index (κ3) is 5.78. The molecule has 0 radical (unpaired) electrons. The normalized spacial score (nSPS) is 11.2. The number of rotatable bonds is 3. The number of hydrogen-bond acceptors (Lipinski definition) is 2. The van der Waals surface area contributed by atoms with Gasteiger partial charge in [0.05, 0.1) is 6.61 Å². The van der Waals surface area contributed by atoms with Crippen LogP contribution in [0.3, 0.4) is 0 Å². The van der Waals surface area contributed by atoms with E-state index in [1.54, 1.807) is 6.92 Å². The van der Waals surface area contributed by atoms with E-state index in [1.165, 1.54) is 11.1 Å². The zero-order valence-corrected chi connectivity index (χ0v) is 11.2. The van der Waals surface area contributed by atoms with Crippen LogP contribution in [0.2, 0.25) is 0 Å². The Kier molecular flexibility index (Phi) is 7.04. The molecular formula is C14H17O3P. The molecule has 96 valence electrons. The average molecular weight is 264 g/mol. The molecule has 0 aliphatic rings. The molecule has 0 aliphatic heterocycles. The van der Waals surface area contributed by atoms with Gasteiger partial charge in [-0.15, -0.1) is 0 Å². The van der Waals surface area contributed by atoms with Gasteiger partial charge in [-0.25, -0.2) is 0 Å². The minimum Gasteiger partial charge on any atom is -0.326 e. The van der Waals surface area contributed by atoms with Gasteiger partial charge in [0.25, 0.3) is 0 Å². The number of hydrogen-bond donors (Lipinski definition) is 1. The molecule has 0 heterocycles. The minimum absolute atomic E-state index is 0.314. The maximum Gasteiger partial charge on any atom is 0.316 e. The van der Waals surface area contributed by atoms with E-state index in [0.717, 1.165) is 0 Å². The molecule has 0 aromatic heterocycles. The lowest BCUT2D eigenvalue weighted by atomic mass is 10.1. The van der Waals surface area contributed by atoms with Crippen LogP contribution in [-0.4, -0.2) is 11.5 Å². The van der Waals surface area contributed by atoms with E-state index in [9.17, 15) is 4.57 Å². The first kappa shape index (κ1) is 14.7. The minimum atomic E-state index is -2.64. The summed E-state index contributed by atoms with van der Waals surface area (Å²) in [5, 5.41) is 0. The van der Waals surface area contributed by atoms with Crippen LogP contribution in [0.25, 0.3) is 11.1 Å². The van der Waals surface area contributed by atoms with Crippen molar-refractivity contribution in [3.63, 3.8) is 0 Å². The molecule has 1 atom stereocenters. The highest BCUT2D eigenvalue weighted by molar-refractivity contribution is 7.32. The van der Waals surface area contributed by atoms with Gasteiger partial charge < -0.3 is 9.42 Å². The van der Waals surface area contributed by atoms with Gasteiger partial charge >= 0.3 is 8.25 Å². The summed E-state index contributed by atoms with van der Waals surface area (Å²) in [5.74, 6) is 0. The first-order valence-corrected chi connectivity index (χ1v) is 6.96. The fourth-order valence-electron chi connectivity index (χ4n) is 1.38. The molecule has 0 amide bonds. The molecule has 0 saturated carbocycles. The maximum absolute atomic E-state index is 9.56. The third-order valence-electron chi connectivity index (χ3n) is 2.15. The topological polar surface area (TPSA) is 46.5 Å². The Labute approximate surface area is 108 Å². The Balaban J connectivity index is 0.000000232.